The standard InChI is InChI=1S/C26H32N4O13S/c1-5-7-29(6-2)14-10-15(30(37)38)20(31)17-12(14)8-11-9-13-19(28(3)4)22(33)18(25(27)36)24(35)26(13,42-43-44(39,40)41)23(34)16(11)21(17)32/h10-11,13,19,31,33-34H,5-9H2,1-4H3,(H2,27,36)(H,39,40,41)/t11?,13?,19-,26-/m0/s1. The van der Waals surface area contributed by atoms with Gasteiger partial charge in [-0.15, -0.1) is 0 Å². The number of carbonyl (C=O) groups excluding carboxylic acids is 3. The number of aliphatic hydroxyl groups excluding tert-OH is 2. The lowest BCUT2D eigenvalue weighted by Crippen LogP contribution is -2.65. The van der Waals surface area contributed by atoms with E-state index in [9.17, 15) is 52.8 Å². The number of nitrogens with two attached hydrogens (primary N) is 1. The summed E-state index contributed by atoms with van der Waals surface area (Å²) in [7, 11) is -2.61. The third-order valence-corrected chi connectivity index (χ3v) is 8.55. The average Bonchev–Trinajstić information content (AvgIpc) is 2.90. The summed E-state index contributed by atoms with van der Waals surface area (Å²) in [4.78, 5) is 59.4. The Morgan fingerprint density at radius 1 is 1.23 bits per heavy atom. The molecule has 0 aromatic heterocycles. The summed E-state index contributed by atoms with van der Waals surface area (Å²) in [6.07, 6.45) is 0.243. The molecule has 4 atom stereocenters. The molecule has 0 heterocycles. The number of phenols is 1. The van der Waals surface area contributed by atoms with Crippen molar-refractivity contribution in [1.29, 1.82) is 0 Å². The number of anilines is 1. The van der Waals surface area contributed by atoms with Crippen LogP contribution in [-0.4, -0.2) is 94.4 Å². The zero-order valence-corrected chi connectivity index (χ0v) is 25.0. The van der Waals surface area contributed by atoms with E-state index in [2.05, 4.69) is 4.33 Å². The zero-order valence-electron chi connectivity index (χ0n) is 24.1. The van der Waals surface area contributed by atoms with Crippen LogP contribution in [0.5, 0.6) is 5.75 Å². The van der Waals surface area contributed by atoms with Crippen LogP contribution >= 0.6 is 0 Å². The number of hydrogen-bond acceptors (Lipinski definition) is 14. The van der Waals surface area contributed by atoms with Crippen LogP contribution in [0.4, 0.5) is 11.4 Å². The molecule has 2 unspecified atom stereocenters. The van der Waals surface area contributed by atoms with Crippen molar-refractivity contribution < 1.29 is 56.8 Å². The number of hydrogen-bond donors (Lipinski definition) is 5. The predicted octanol–water partition coefficient (Wildman–Crippen LogP) is 1.02. The highest BCUT2D eigenvalue weighted by molar-refractivity contribution is 7.80. The van der Waals surface area contributed by atoms with Gasteiger partial charge in [-0.1, -0.05) is 11.3 Å². The largest absolute Gasteiger partial charge is 0.510 e. The van der Waals surface area contributed by atoms with E-state index in [4.69, 9.17) is 10.6 Å². The third kappa shape index (κ3) is 4.97. The second-order valence-electron chi connectivity index (χ2n) is 11.0. The number of nitro groups is 1. The molecule has 44 heavy (non-hydrogen) atoms. The van der Waals surface area contributed by atoms with Crippen molar-refractivity contribution in [1.82, 2.24) is 4.90 Å². The quantitative estimate of drug-likeness (QED) is 0.0786. The SMILES string of the molecule is CCCN(CC)c1cc([N+](=O)[O-])c(O)c2c1CC1CC3[C@H](N(C)C)C(O)=C(C(N)=O)C(=O)[C@@]3(OOS(=O)(=O)O)C(O)=C1C2=O. The number of nitrogens with zero attached hydrogens (tertiary/aromatic N) is 3. The smallest absolute Gasteiger partial charge is 0.424 e. The Bertz CT molecular complexity index is 1630. The van der Waals surface area contributed by atoms with Gasteiger partial charge in [-0.25, -0.2) is 0 Å². The maximum absolute atomic E-state index is 14.1. The van der Waals surface area contributed by atoms with Crippen molar-refractivity contribution >= 4 is 39.2 Å². The van der Waals surface area contributed by atoms with Gasteiger partial charge < -0.3 is 26.0 Å². The van der Waals surface area contributed by atoms with Crippen molar-refractivity contribution in [3.63, 3.8) is 0 Å². The molecule has 4 rings (SSSR count). The van der Waals surface area contributed by atoms with Crippen LogP contribution in [0.2, 0.25) is 0 Å². The van der Waals surface area contributed by atoms with Gasteiger partial charge in [-0.2, -0.15) is 13.3 Å². The first-order valence-electron chi connectivity index (χ1n) is 13.5. The Morgan fingerprint density at radius 2 is 1.86 bits per heavy atom. The van der Waals surface area contributed by atoms with Crippen LogP contribution in [0.3, 0.4) is 0 Å². The fraction of sp³-hybridized carbons (Fsp3) is 0.500. The Kier molecular flexibility index (Phi) is 8.53. The van der Waals surface area contributed by atoms with E-state index < -0.39 is 95.9 Å². The van der Waals surface area contributed by atoms with Gasteiger partial charge in [0, 0.05) is 36.3 Å². The molecule has 0 saturated heterocycles. The molecule has 0 spiro atoms. The molecular weight excluding hydrogens is 608 g/mol. The third-order valence-electron chi connectivity index (χ3n) is 8.31. The summed E-state index contributed by atoms with van der Waals surface area (Å²) >= 11 is 0. The Labute approximate surface area is 251 Å². The number of ketones is 2. The second kappa shape index (κ2) is 11.4. The van der Waals surface area contributed by atoms with Crippen LogP contribution in [0.1, 0.15) is 42.6 Å². The van der Waals surface area contributed by atoms with Crippen molar-refractivity contribution in [3.05, 3.63) is 50.0 Å². The predicted molar refractivity (Wildman–Crippen MR) is 150 cm³/mol. The molecule has 1 amide bonds. The van der Waals surface area contributed by atoms with Gasteiger partial charge in [0.15, 0.2) is 5.78 Å². The van der Waals surface area contributed by atoms with Gasteiger partial charge in [0.25, 0.3) is 5.91 Å². The Balaban J connectivity index is 2.08. The van der Waals surface area contributed by atoms with Gasteiger partial charge in [0.2, 0.25) is 17.1 Å². The minimum absolute atomic E-state index is 0.102. The number of Topliss-reactive ketones (excluding diaryl/α,β-unsaturated/α-hetero) is 2. The Hall–Kier alpha value is -4.10. The molecule has 0 bridgehead atoms. The number of amides is 1. The Morgan fingerprint density at radius 3 is 2.36 bits per heavy atom. The number of nitro benzene ring substituents is 1. The first-order valence-corrected chi connectivity index (χ1v) is 14.9. The topological polar surface area (TPSA) is 260 Å². The lowest BCUT2D eigenvalue weighted by molar-refractivity contribution is -0.385. The van der Waals surface area contributed by atoms with Gasteiger partial charge in [-0.3, -0.25) is 34.0 Å². The second-order valence-corrected chi connectivity index (χ2v) is 12.0. The fourth-order valence-electron chi connectivity index (χ4n) is 6.64. The zero-order chi connectivity index (χ0) is 33.0. The summed E-state index contributed by atoms with van der Waals surface area (Å²) in [5, 5.41) is 45.6. The van der Waals surface area contributed by atoms with Crippen molar-refractivity contribution in [2.24, 2.45) is 17.6 Å². The number of primary amides is 1. The molecule has 18 heteroatoms. The summed E-state index contributed by atoms with van der Waals surface area (Å²) in [5.41, 5.74) is -0.120. The van der Waals surface area contributed by atoms with Crippen LogP contribution in [0.25, 0.3) is 0 Å². The highest BCUT2D eigenvalue weighted by atomic mass is 32.3. The number of rotatable bonds is 10. The molecule has 240 valence electrons. The highest BCUT2D eigenvalue weighted by Gasteiger charge is 2.66. The van der Waals surface area contributed by atoms with E-state index in [0.29, 0.717) is 25.2 Å². The molecule has 0 saturated carbocycles. The van der Waals surface area contributed by atoms with Gasteiger partial charge in [0.1, 0.15) is 17.1 Å². The maximum Gasteiger partial charge on any atom is 0.424 e. The van der Waals surface area contributed by atoms with Crippen LogP contribution < -0.4 is 10.6 Å². The first-order chi connectivity index (χ1) is 20.4. The van der Waals surface area contributed by atoms with E-state index in [1.807, 2.05) is 6.92 Å². The number of allylic oxidation sites excluding steroid dienone is 1. The lowest BCUT2D eigenvalue weighted by Gasteiger charge is -2.50. The van der Waals surface area contributed by atoms with Crippen molar-refractivity contribution in [2.75, 3.05) is 32.1 Å². The number of benzene rings is 1. The molecule has 1 aromatic rings. The van der Waals surface area contributed by atoms with E-state index in [-0.39, 0.29) is 18.4 Å². The van der Waals surface area contributed by atoms with Crippen LogP contribution in [-0.2, 0) is 35.6 Å². The molecular formula is C26H32N4O13S. The van der Waals surface area contributed by atoms with Gasteiger partial charge >= 0.3 is 16.1 Å². The van der Waals surface area contributed by atoms with Gasteiger partial charge in [-0.05, 0) is 51.8 Å². The number of carbonyl (C=O) groups is 3. The fourth-order valence-corrected chi connectivity index (χ4v) is 6.83. The summed E-state index contributed by atoms with van der Waals surface area (Å²) in [5.74, 6) is -9.65. The van der Waals surface area contributed by atoms with Gasteiger partial charge in [0.05, 0.1) is 16.5 Å². The van der Waals surface area contributed by atoms with Crippen LogP contribution in [0, 0.1) is 22.0 Å². The van der Waals surface area contributed by atoms with E-state index in [0.717, 1.165) is 6.07 Å². The molecule has 3 aliphatic rings. The monoisotopic (exact) mass is 640 g/mol. The average molecular weight is 641 g/mol. The number of aromatic hydroxyl groups is 1. The molecule has 0 radical (unpaired) electrons. The van der Waals surface area contributed by atoms with Crippen molar-refractivity contribution in [3.8, 4) is 5.75 Å². The maximum atomic E-state index is 14.1. The molecule has 0 aliphatic heterocycles. The number of likely N-dealkylation sites (N-methyl/N-ethyl adjacent to an activating group) is 1. The minimum atomic E-state index is -5.47. The molecule has 17 nitrogen and oxygen atoms in total. The summed E-state index contributed by atoms with van der Waals surface area (Å²) < 4.78 is 36.5. The van der Waals surface area contributed by atoms with E-state index >= 15 is 0 Å². The summed E-state index contributed by atoms with van der Waals surface area (Å²) in [6.45, 7) is 4.50. The molecule has 0 fully saturated rings. The van der Waals surface area contributed by atoms with E-state index in [1.165, 1.54) is 19.0 Å². The highest BCUT2D eigenvalue weighted by Crippen LogP contribution is 2.55. The van der Waals surface area contributed by atoms with E-state index in [1.54, 1.807) is 11.8 Å². The number of aliphatic hydroxyl groups is 2. The van der Waals surface area contributed by atoms with Crippen molar-refractivity contribution in [2.45, 2.75) is 44.8 Å². The molecule has 3 aliphatic carbocycles. The normalized spacial score (nSPS) is 25.1. The number of phenolic OH excluding ortho intramolecular Hbond substituents is 1. The molecule has 6 N–H and O–H groups in total. The summed E-state index contributed by atoms with van der Waals surface area (Å²) in [6, 6.07) is -0.191. The minimum Gasteiger partial charge on any atom is -0.510 e. The first kappa shape index (κ1) is 32.8. The molecule has 1 aromatic carbocycles. The number of fused-ring (bicyclic) bond motifs is 3. The van der Waals surface area contributed by atoms with Crippen LogP contribution in [0.15, 0.2) is 28.7 Å². The lowest BCUT2D eigenvalue weighted by atomic mass is 9.58.